The molecule has 0 bridgehead atoms. The van der Waals surface area contributed by atoms with Crippen LogP contribution in [0, 0.1) is 0 Å². The predicted molar refractivity (Wildman–Crippen MR) is 73.1 cm³/mol. The van der Waals surface area contributed by atoms with Crippen molar-refractivity contribution in [3.05, 3.63) is 28.7 Å². The first kappa shape index (κ1) is 11.9. The normalized spacial score (nSPS) is 20.6. The molecule has 1 aliphatic heterocycles. The average Bonchev–Trinajstić information content (AvgIpc) is 2.39. The maximum absolute atomic E-state index is 3.58. The quantitative estimate of drug-likeness (QED) is 0.852. The number of benzene rings is 1. The fraction of sp³-hybridized carbons (Fsp3) is 0.538. The highest BCUT2D eigenvalue weighted by molar-refractivity contribution is 9.10. The van der Waals surface area contributed by atoms with Gasteiger partial charge in [0.25, 0.3) is 0 Å². The largest absolute Gasteiger partial charge is 0.370 e. The molecule has 1 aromatic rings. The maximum Gasteiger partial charge on any atom is 0.0377 e. The lowest BCUT2D eigenvalue weighted by molar-refractivity contribution is 0.394. The van der Waals surface area contributed by atoms with E-state index in [0.29, 0.717) is 0 Å². The van der Waals surface area contributed by atoms with Crippen LogP contribution in [0.1, 0.15) is 20.3 Å². The van der Waals surface area contributed by atoms with Crippen molar-refractivity contribution >= 4 is 21.6 Å². The Morgan fingerprint density at radius 3 is 2.88 bits per heavy atom. The van der Waals surface area contributed by atoms with E-state index >= 15 is 0 Å². The first-order valence-corrected chi connectivity index (χ1v) is 6.62. The van der Waals surface area contributed by atoms with Gasteiger partial charge in [0, 0.05) is 35.3 Å². The van der Waals surface area contributed by atoms with Crippen molar-refractivity contribution < 1.29 is 0 Å². The van der Waals surface area contributed by atoms with E-state index in [0.717, 1.165) is 24.1 Å². The van der Waals surface area contributed by atoms with Gasteiger partial charge in [0.2, 0.25) is 0 Å². The number of nitrogens with one attached hydrogen (secondary N) is 1. The van der Waals surface area contributed by atoms with Gasteiger partial charge in [-0.25, -0.2) is 0 Å². The van der Waals surface area contributed by atoms with Crippen LogP contribution in [0.15, 0.2) is 28.7 Å². The van der Waals surface area contributed by atoms with E-state index in [4.69, 9.17) is 0 Å². The van der Waals surface area contributed by atoms with Crippen molar-refractivity contribution in [1.29, 1.82) is 0 Å². The van der Waals surface area contributed by atoms with Gasteiger partial charge >= 0.3 is 0 Å². The van der Waals surface area contributed by atoms with Gasteiger partial charge in [0.1, 0.15) is 0 Å². The van der Waals surface area contributed by atoms with Gasteiger partial charge in [-0.05, 0) is 38.5 Å². The molecule has 0 unspecified atom stereocenters. The Kier molecular flexibility index (Phi) is 3.55. The van der Waals surface area contributed by atoms with Gasteiger partial charge in [-0.1, -0.05) is 22.0 Å². The number of nitrogens with zero attached hydrogens (tertiary/aromatic N) is 1. The molecule has 0 aliphatic carbocycles. The Hall–Kier alpha value is -0.540. The molecule has 0 saturated carbocycles. The molecule has 1 saturated heterocycles. The Bertz CT molecular complexity index is 363. The zero-order valence-corrected chi connectivity index (χ0v) is 11.5. The topological polar surface area (TPSA) is 15.3 Å². The molecule has 16 heavy (non-hydrogen) atoms. The smallest absolute Gasteiger partial charge is 0.0377 e. The van der Waals surface area contributed by atoms with Crippen molar-refractivity contribution in [2.45, 2.75) is 25.8 Å². The number of hydrogen-bond acceptors (Lipinski definition) is 2. The molecule has 2 rings (SSSR count). The SMILES string of the molecule is CC1(C)CCN(c2cccc(Br)c2)CCN1. The molecule has 0 spiro atoms. The molecule has 1 heterocycles. The van der Waals surface area contributed by atoms with Crippen LogP contribution in [0.4, 0.5) is 5.69 Å². The summed E-state index contributed by atoms with van der Waals surface area (Å²) in [5.41, 5.74) is 1.58. The lowest BCUT2D eigenvalue weighted by Crippen LogP contribution is -2.39. The zero-order valence-electron chi connectivity index (χ0n) is 9.96. The van der Waals surface area contributed by atoms with Crippen LogP contribution >= 0.6 is 15.9 Å². The molecule has 2 nitrogen and oxygen atoms in total. The Balaban J connectivity index is 2.11. The standard InChI is InChI=1S/C13H19BrN2/c1-13(2)6-8-16(9-7-15-13)12-5-3-4-11(14)10-12/h3-5,10,15H,6-9H2,1-2H3. The van der Waals surface area contributed by atoms with Gasteiger partial charge in [0.15, 0.2) is 0 Å². The predicted octanol–water partition coefficient (Wildman–Crippen LogP) is 3.03. The fourth-order valence-corrected chi connectivity index (χ4v) is 2.46. The molecule has 1 aromatic carbocycles. The second kappa shape index (κ2) is 4.76. The molecule has 3 heteroatoms. The third-order valence-electron chi connectivity index (χ3n) is 3.17. The van der Waals surface area contributed by atoms with E-state index in [1.165, 1.54) is 12.1 Å². The summed E-state index contributed by atoms with van der Waals surface area (Å²) < 4.78 is 1.15. The van der Waals surface area contributed by atoms with Gasteiger partial charge in [-0.2, -0.15) is 0 Å². The van der Waals surface area contributed by atoms with Crippen LogP contribution in [0.3, 0.4) is 0 Å². The van der Waals surface area contributed by atoms with E-state index in [1.807, 2.05) is 0 Å². The summed E-state index contributed by atoms with van der Waals surface area (Å²) in [6.45, 7) is 7.81. The highest BCUT2D eigenvalue weighted by atomic mass is 79.9. The molecule has 88 valence electrons. The third-order valence-corrected chi connectivity index (χ3v) is 3.66. The Labute approximate surface area is 106 Å². The average molecular weight is 283 g/mol. The minimum Gasteiger partial charge on any atom is -0.370 e. The summed E-state index contributed by atoms with van der Waals surface area (Å²) in [5, 5.41) is 3.58. The van der Waals surface area contributed by atoms with Crippen molar-refractivity contribution in [2.75, 3.05) is 24.5 Å². The number of hydrogen-bond donors (Lipinski definition) is 1. The first-order valence-electron chi connectivity index (χ1n) is 5.82. The summed E-state index contributed by atoms with van der Waals surface area (Å²) in [7, 11) is 0. The van der Waals surface area contributed by atoms with E-state index in [-0.39, 0.29) is 5.54 Å². The van der Waals surface area contributed by atoms with Crippen LogP contribution in [0.2, 0.25) is 0 Å². The zero-order chi connectivity index (χ0) is 11.6. The molecule has 1 fully saturated rings. The minimum absolute atomic E-state index is 0.265. The Morgan fingerprint density at radius 2 is 2.12 bits per heavy atom. The lowest BCUT2D eigenvalue weighted by Gasteiger charge is -2.24. The monoisotopic (exact) mass is 282 g/mol. The molecule has 0 aromatic heterocycles. The van der Waals surface area contributed by atoms with Crippen molar-refractivity contribution in [3.63, 3.8) is 0 Å². The van der Waals surface area contributed by atoms with Crippen LogP contribution < -0.4 is 10.2 Å². The first-order chi connectivity index (χ1) is 7.57. The molecular formula is C13H19BrN2. The second-order valence-electron chi connectivity index (χ2n) is 5.03. The van der Waals surface area contributed by atoms with Gasteiger partial charge in [0.05, 0.1) is 0 Å². The van der Waals surface area contributed by atoms with E-state index in [1.54, 1.807) is 0 Å². The summed E-state index contributed by atoms with van der Waals surface area (Å²) in [6, 6.07) is 8.55. The molecule has 1 N–H and O–H groups in total. The van der Waals surface area contributed by atoms with Gasteiger partial charge in [-0.15, -0.1) is 0 Å². The van der Waals surface area contributed by atoms with Crippen LogP contribution in [-0.4, -0.2) is 25.2 Å². The minimum atomic E-state index is 0.265. The van der Waals surface area contributed by atoms with Gasteiger partial charge in [-0.3, -0.25) is 0 Å². The fourth-order valence-electron chi connectivity index (χ4n) is 2.07. The highest BCUT2D eigenvalue weighted by Gasteiger charge is 2.22. The number of rotatable bonds is 1. The summed E-state index contributed by atoms with van der Waals surface area (Å²) in [6.07, 6.45) is 1.18. The van der Waals surface area contributed by atoms with Crippen LogP contribution in [0.5, 0.6) is 0 Å². The molecule has 0 amide bonds. The molecular weight excluding hydrogens is 264 g/mol. The summed E-state index contributed by atoms with van der Waals surface area (Å²) >= 11 is 3.53. The van der Waals surface area contributed by atoms with Crippen LogP contribution in [0.25, 0.3) is 0 Å². The second-order valence-corrected chi connectivity index (χ2v) is 5.94. The number of halogens is 1. The van der Waals surface area contributed by atoms with E-state index in [2.05, 4.69) is 64.3 Å². The van der Waals surface area contributed by atoms with Crippen LogP contribution in [-0.2, 0) is 0 Å². The summed E-state index contributed by atoms with van der Waals surface area (Å²) in [5.74, 6) is 0. The number of anilines is 1. The van der Waals surface area contributed by atoms with Crippen molar-refractivity contribution in [1.82, 2.24) is 5.32 Å². The van der Waals surface area contributed by atoms with Gasteiger partial charge < -0.3 is 10.2 Å². The highest BCUT2D eigenvalue weighted by Crippen LogP contribution is 2.22. The maximum atomic E-state index is 3.58. The lowest BCUT2D eigenvalue weighted by atomic mass is 10.0. The van der Waals surface area contributed by atoms with E-state index < -0.39 is 0 Å². The van der Waals surface area contributed by atoms with Crippen molar-refractivity contribution in [3.8, 4) is 0 Å². The molecule has 1 aliphatic rings. The third kappa shape index (κ3) is 2.98. The molecule has 0 atom stereocenters. The Morgan fingerprint density at radius 1 is 1.31 bits per heavy atom. The van der Waals surface area contributed by atoms with Crippen molar-refractivity contribution in [2.24, 2.45) is 0 Å². The molecule has 0 radical (unpaired) electrons. The van der Waals surface area contributed by atoms with E-state index in [9.17, 15) is 0 Å². The summed E-state index contributed by atoms with van der Waals surface area (Å²) in [4.78, 5) is 2.45.